The molecule has 0 aromatic heterocycles. The highest BCUT2D eigenvalue weighted by molar-refractivity contribution is 5.67. The molecule has 0 atom stereocenters. The van der Waals surface area contributed by atoms with Crippen molar-refractivity contribution in [3.8, 4) is 0 Å². The van der Waals surface area contributed by atoms with Crippen molar-refractivity contribution in [1.29, 1.82) is 0 Å². The van der Waals surface area contributed by atoms with Crippen molar-refractivity contribution in [2.45, 2.75) is 57.6 Å². The van der Waals surface area contributed by atoms with Gasteiger partial charge in [0.1, 0.15) is 5.60 Å². The van der Waals surface area contributed by atoms with Crippen LogP contribution in [0.2, 0.25) is 0 Å². The fourth-order valence-electron chi connectivity index (χ4n) is 1.36. The summed E-state index contributed by atoms with van der Waals surface area (Å²) in [4.78, 5) is 11.2. The molecule has 0 unspecified atom stereocenters. The second-order valence-electron chi connectivity index (χ2n) is 5.39. The first kappa shape index (κ1) is 12.3. The Morgan fingerprint density at radius 2 is 2.07 bits per heavy atom. The molecule has 1 aliphatic carbocycles. The number of hydrogen-bond acceptors (Lipinski definition) is 3. The third-order valence-corrected chi connectivity index (χ3v) is 2.41. The summed E-state index contributed by atoms with van der Waals surface area (Å²) in [6.07, 6.45) is 3.82. The zero-order valence-corrected chi connectivity index (χ0v) is 9.93. The zero-order valence-electron chi connectivity index (χ0n) is 9.93. The van der Waals surface area contributed by atoms with Crippen LogP contribution in [0.5, 0.6) is 0 Å². The molecule has 0 radical (unpaired) electrons. The number of amides is 1. The number of ether oxygens (including phenoxy) is 1. The average molecular weight is 214 g/mol. The van der Waals surface area contributed by atoms with Crippen molar-refractivity contribution in [2.24, 2.45) is 5.73 Å². The van der Waals surface area contributed by atoms with Gasteiger partial charge in [0.05, 0.1) is 0 Å². The third-order valence-electron chi connectivity index (χ3n) is 2.41. The van der Waals surface area contributed by atoms with Gasteiger partial charge in [0.2, 0.25) is 0 Å². The molecule has 1 amide bonds. The molecule has 0 saturated heterocycles. The maximum Gasteiger partial charge on any atom is 0.407 e. The van der Waals surface area contributed by atoms with E-state index in [1.54, 1.807) is 0 Å². The van der Waals surface area contributed by atoms with Gasteiger partial charge < -0.3 is 15.8 Å². The summed E-state index contributed by atoms with van der Waals surface area (Å²) in [7, 11) is 0. The van der Waals surface area contributed by atoms with E-state index in [1.165, 1.54) is 0 Å². The van der Waals surface area contributed by atoms with E-state index in [0.717, 1.165) is 25.7 Å². The van der Waals surface area contributed by atoms with E-state index in [4.69, 9.17) is 10.5 Å². The van der Waals surface area contributed by atoms with E-state index in [9.17, 15) is 4.79 Å². The van der Waals surface area contributed by atoms with Gasteiger partial charge in [-0.15, -0.1) is 0 Å². The fourth-order valence-corrected chi connectivity index (χ4v) is 1.36. The predicted molar refractivity (Wildman–Crippen MR) is 59.6 cm³/mol. The van der Waals surface area contributed by atoms with Crippen LogP contribution in [0.3, 0.4) is 0 Å². The Morgan fingerprint density at radius 3 is 2.53 bits per heavy atom. The molecule has 0 aromatic rings. The van der Waals surface area contributed by atoms with E-state index >= 15 is 0 Å². The monoisotopic (exact) mass is 214 g/mol. The Bertz CT molecular complexity index is 229. The van der Waals surface area contributed by atoms with E-state index < -0.39 is 5.60 Å². The van der Waals surface area contributed by atoms with E-state index in [0.29, 0.717) is 6.54 Å². The summed E-state index contributed by atoms with van der Waals surface area (Å²) in [6.45, 7) is 6.21. The van der Waals surface area contributed by atoms with Crippen LogP contribution in [0, 0.1) is 0 Å². The van der Waals surface area contributed by atoms with Gasteiger partial charge >= 0.3 is 6.09 Å². The van der Waals surface area contributed by atoms with E-state index in [-0.39, 0.29) is 11.6 Å². The normalized spacial score (nSPS) is 18.4. The van der Waals surface area contributed by atoms with Crippen LogP contribution in [-0.4, -0.2) is 23.8 Å². The number of carbonyl (C=O) groups is 1. The van der Waals surface area contributed by atoms with Crippen LogP contribution >= 0.6 is 0 Å². The molecule has 0 heterocycles. The smallest absolute Gasteiger partial charge is 0.407 e. The Morgan fingerprint density at radius 1 is 1.47 bits per heavy atom. The Kier molecular flexibility index (Phi) is 3.60. The minimum atomic E-state index is -0.421. The number of nitrogens with one attached hydrogen (secondary N) is 1. The molecular formula is C11H22N2O2. The highest BCUT2D eigenvalue weighted by Gasteiger charge is 2.36. The molecule has 15 heavy (non-hydrogen) atoms. The molecule has 0 spiro atoms. The quantitative estimate of drug-likeness (QED) is 0.701. The largest absolute Gasteiger partial charge is 0.444 e. The molecule has 4 nitrogen and oxygen atoms in total. The van der Waals surface area contributed by atoms with Crippen molar-refractivity contribution in [2.75, 3.05) is 6.54 Å². The lowest BCUT2D eigenvalue weighted by atomic mass is 10.1. The molecule has 88 valence electrons. The number of hydrogen-bond donors (Lipinski definition) is 2. The van der Waals surface area contributed by atoms with Gasteiger partial charge in [0, 0.05) is 12.1 Å². The predicted octanol–water partition coefficient (Wildman–Crippen LogP) is 1.78. The average Bonchev–Trinajstić information content (AvgIpc) is 2.75. The summed E-state index contributed by atoms with van der Waals surface area (Å²) >= 11 is 0. The Labute approximate surface area is 91.5 Å². The highest BCUT2D eigenvalue weighted by atomic mass is 16.6. The summed E-state index contributed by atoms with van der Waals surface area (Å²) < 4.78 is 5.10. The first-order chi connectivity index (χ1) is 6.81. The van der Waals surface area contributed by atoms with Crippen molar-refractivity contribution in [3.63, 3.8) is 0 Å². The van der Waals surface area contributed by atoms with Crippen LogP contribution in [0.1, 0.15) is 46.5 Å². The maximum atomic E-state index is 11.2. The van der Waals surface area contributed by atoms with Crippen molar-refractivity contribution in [3.05, 3.63) is 0 Å². The SMILES string of the molecule is CC(C)(C)OC(=O)NCCCC1(N)CC1. The lowest BCUT2D eigenvalue weighted by molar-refractivity contribution is 0.0526. The fraction of sp³-hybridized carbons (Fsp3) is 0.909. The second-order valence-corrected chi connectivity index (χ2v) is 5.39. The van der Waals surface area contributed by atoms with Crippen molar-refractivity contribution < 1.29 is 9.53 Å². The Balaban J connectivity index is 2.02. The molecule has 0 bridgehead atoms. The molecule has 1 rings (SSSR count). The molecule has 4 heteroatoms. The van der Waals surface area contributed by atoms with Gasteiger partial charge in [0.15, 0.2) is 0 Å². The van der Waals surface area contributed by atoms with Crippen LogP contribution < -0.4 is 11.1 Å². The van der Waals surface area contributed by atoms with Gasteiger partial charge in [-0.1, -0.05) is 0 Å². The molecule has 3 N–H and O–H groups in total. The molecule has 1 aliphatic rings. The molecule has 1 fully saturated rings. The second kappa shape index (κ2) is 4.39. The minimum absolute atomic E-state index is 0.0790. The molecular weight excluding hydrogens is 192 g/mol. The molecule has 0 aliphatic heterocycles. The molecule has 1 saturated carbocycles. The van der Waals surface area contributed by atoms with Crippen molar-refractivity contribution >= 4 is 6.09 Å². The van der Waals surface area contributed by atoms with Crippen LogP contribution in [0.15, 0.2) is 0 Å². The van der Waals surface area contributed by atoms with Gasteiger partial charge in [-0.05, 0) is 46.5 Å². The summed E-state index contributed by atoms with van der Waals surface area (Å²) in [6, 6.07) is 0. The molecule has 0 aromatic carbocycles. The Hall–Kier alpha value is -0.770. The number of alkyl carbamates (subject to hydrolysis) is 1. The summed E-state index contributed by atoms with van der Waals surface area (Å²) in [5.74, 6) is 0. The van der Waals surface area contributed by atoms with Crippen LogP contribution in [0.4, 0.5) is 4.79 Å². The lowest BCUT2D eigenvalue weighted by Gasteiger charge is -2.19. The van der Waals surface area contributed by atoms with E-state index in [2.05, 4.69) is 5.32 Å². The van der Waals surface area contributed by atoms with E-state index in [1.807, 2.05) is 20.8 Å². The number of rotatable bonds is 4. The third kappa shape index (κ3) is 5.62. The minimum Gasteiger partial charge on any atom is -0.444 e. The standard InChI is InChI=1S/C11H22N2O2/c1-10(2,3)15-9(14)13-8-4-5-11(12)6-7-11/h4-8,12H2,1-3H3,(H,13,14). The number of nitrogens with two attached hydrogens (primary N) is 1. The first-order valence-electron chi connectivity index (χ1n) is 5.57. The van der Waals surface area contributed by atoms with Gasteiger partial charge in [-0.25, -0.2) is 4.79 Å². The first-order valence-corrected chi connectivity index (χ1v) is 5.57. The zero-order chi connectivity index (χ0) is 11.5. The van der Waals surface area contributed by atoms with Crippen molar-refractivity contribution in [1.82, 2.24) is 5.32 Å². The van der Waals surface area contributed by atoms with Crippen LogP contribution in [-0.2, 0) is 4.74 Å². The summed E-state index contributed by atoms with van der Waals surface area (Å²) in [5, 5.41) is 2.72. The van der Waals surface area contributed by atoms with Crippen LogP contribution in [0.25, 0.3) is 0 Å². The highest BCUT2D eigenvalue weighted by Crippen LogP contribution is 2.36. The lowest BCUT2D eigenvalue weighted by Crippen LogP contribution is -2.33. The van der Waals surface area contributed by atoms with Gasteiger partial charge in [0.25, 0.3) is 0 Å². The van der Waals surface area contributed by atoms with Gasteiger partial charge in [-0.3, -0.25) is 0 Å². The number of carbonyl (C=O) groups excluding carboxylic acids is 1. The topological polar surface area (TPSA) is 64.3 Å². The summed E-state index contributed by atoms with van der Waals surface area (Å²) in [5.41, 5.74) is 5.58. The maximum absolute atomic E-state index is 11.2. The van der Waals surface area contributed by atoms with Gasteiger partial charge in [-0.2, -0.15) is 0 Å².